The fraction of sp³-hybridized carbons (Fsp3) is 0.864. The molecule has 0 bridgehead atoms. The Balaban J connectivity index is 3.38. The highest BCUT2D eigenvalue weighted by atomic mass is 16.3. The number of hydrazine groups is 1. The van der Waals surface area contributed by atoms with Crippen molar-refractivity contribution in [1.82, 2.24) is 10.4 Å². The first-order chi connectivity index (χ1) is 12.6. The van der Waals surface area contributed by atoms with Crippen molar-refractivity contribution in [1.29, 1.82) is 0 Å². The Bertz CT molecular complexity index is 345. The van der Waals surface area contributed by atoms with Crippen LogP contribution in [0.1, 0.15) is 104 Å². The number of hydrogen-bond acceptors (Lipinski definition) is 3. The molecule has 4 nitrogen and oxygen atoms in total. The maximum absolute atomic E-state index is 11.7. The van der Waals surface area contributed by atoms with Gasteiger partial charge in [0.25, 0.3) is 0 Å². The van der Waals surface area contributed by atoms with E-state index in [-0.39, 0.29) is 12.0 Å². The fourth-order valence-corrected chi connectivity index (χ4v) is 3.03. The van der Waals surface area contributed by atoms with E-state index in [0.717, 1.165) is 51.5 Å². The molecule has 0 saturated carbocycles. The third-order valence-electron chi connectivity index (χ3n) is 4.61. The van der Waals surface area contributed by atoms with Gasteiger partial charge < -0.3 is 5.11 Å². The Kier molecular flexibility index (Phi) is 18.3. The van der Waals surface area contributed by atoms with E-state index in [9.17, 15) is 9.90 Å². The number of amides is 1. The molecule has 1 atom stereocenters. The van der Waals surface area contributed by atoms with Crippen LogP contribution in [0.4, 0.5) is 0 Å². The zero-order valence-electron chi connectivity index (χ0n) is 17.6. The Hall–Kier alpha value is -0.870. The highest BCUT2D eigenvalue weighted by Crippen LogP contribution is 2.10. The smallest absolute Gasteiger partial charge is 0.234 e. The van der Waals surface area contributed by atoms with Gasteiger partial charge in [0.2, 0.25) is 5.91 Å². The molecular weight excluding hydrogens is 324 g/mol. The van der Waals surface area contributed by atoms with Gasteiger partial charge in [-0.05, 0) is 38.5 Å². The molecule has 0 aromatic heterocycles. The lowest BCUT2D eigenvalue weighted by molar-refractivity contribution is -0.125. The summed E-state index contributed by atoms with van der Waals surface area (Å²) in [6.07, 6.45) is 19.4. The van der Waals surface area contributed by atoms with Gasteiger partial charge in [0.05, 0.1) is 6.10 Å². The van der Waals surface area contributed by atoms with Crippen molar-refractivity contribution in [2.24, 2.45) is 0 Å². The minimum Gasteiger partial charge on any atom is -0.393 e. The molecule has 154 valence electrons. The summed E-state index contributed by atoms with van der Waals surface area (Å²) in [6, 6.07) is 0. The summed E-state index contributed by atoms with van der Waals surface area (Å²) in [5, 5.41) is 11.8. The summed E-state index contributed by atoms with van der Waals surface area (Å²) >= 11 is 0. The van der Waals surface area contributed by atoms with Crippen LogP contribution in [-0.2, 0) is 4.79 Å². The van der Waals surface area contributed by atoms with Crippen molar-refractivity contribution in [3.05, 3.63) is 12.2 Å². The minimum atomic E-state index is -0.161. The zero-order chi connectivity index (χ0) is 19.5. The maximum Gasteiger partial charge on any atom is 0.234 e. The lowest BCUT2D eigenvalue weighted by atomic mass is 10.1. The molecule has 0 spiro atoms. The van der Waals surface area contributed by atoms with E-state index >= 15 is 0 Å². The molecule has 0 aromatic rings. The van der Waals surface area contributed by atoms with Crippen LogP contribution in [0.5, 0.6) is 0 Å². The topological polar surface area (TPSA) is 52.6 Å². The van der Waals surface area contributed by atoms with Crippen LogP contribution in [0, 0.1) is 0 Å². The number of nitrogens with zero attached hydrogens (tertiary/aromatic N) is 1. The standard InChI is InChI=1S/C22H44N2O2/c1-4-6-7-14-17-21(25)18-15-12-10-8-9-11-13-16-19-22(26)23-24(3)20-5-2/h12,15,21,25H,4-11,13-14,16-20H2,1-3H3,(H,23,26)/b15-12-/t21-/m1/s1. The number of allylic oxidation sites excluding steroid dienone is 1. The first kappa shape index (κ1) is 25.1. The molecule has 2 N–H and O–H groups in total. The molecule has 0 unspecified atom stereocenters. The molecule has 0 rings (SSSR count). The zero-order valence-corrected chi connectivity index (χ0v) is 17.6. The fourth-order valence-electron chi connectivity index (χ4n) is 3.03. The van der Waals surface area contributed by atoms with Crippen LogP contribution in [0.2, 0.25) is 0 Å². The number of unbranched alkanes of at least 4 members (excludes halogenated alkanes) is 8. The van der Waals surface area contributed by atoms with E-state index in [2.05, 4.69) is 31.4 Å². The number of hydrogen-bond donors (Lipinski definition) is 2. The first-order valence-electron chi connectivity index (χ1n) is 10.9. The number of rotatable bonds is 18. The third-order valence-corrected chi connectivity index (χ3v) is 4.61. The molecule has 0 aromatic carbocycles. The maximum atomic E-state index is 11.7. The summed E-state index contributed by atoms with van der Waals surface area (Å²) in [5.74, 6) is 0.136. The second-order valence-electron chi connectivity index (χ2n) is 7.47. The van der Waals surface area contributed by atoms with Gasteiger partial charge in [-0.1, -0.05) is 70.9 Å². The monoisotopic (exact) mass is 368 g/mol. The first-order valence-corrected chi connectivity index (χ1v) is 10.9. The van der Waals surface area contributed by atoms with Crippen LogP contribution in [0.15, 0.2) is 12.2 Å². The predicted molar refractivity (Wildman–Crippen MR) is 112 cm³/mol. The highest BCUT2D eigenvalue weighted by Gasteiger charge is 2.03. The quantitative estimate of drug-likeness (QED) is 0.194. The molecule has 0 radical (unpaired) electrons. The minimum absolute atomic E-state index is 0.136. The Labute approximate surface area is 162 Å². The summed E-state index contributed by atoms with van der Waals surface area (Å²) < 4.78 is 0. The van der Waals surface area contributed by atoms with Gasteiger partial charge in [0.1, 0.15) is 0 Å². The number of carbonyl (C=O) groups excluding carboxylic acids is 1. The van der Waals surface area contributed by atoms with E-state index in [1.54, 1.807) is 0 Å². The van der Waals surface area contributed by atoms with Crippen LogP contribution in [-0.4, -0.2) is 35.7 Å². The van der Waals surface area contributed by atoms with Crippen molar-refractivity contribution < 1.29 is 9.90 Å². The van der Waals surface area contributed by atoms with Crippen LogP contribution >= 0.6 is 0 Å². The normalized spacial score (nSPS) is 12.8. The predicted octanol–water partition coefficient (Wildman–Crippen LogP) is 5.37. The molecule has 0 saturated heterocycles. The second kappa shape index (κ2) is 18.9. The van der Waals surface area contributed by atoms with E-state index < -0.39 is 0 Å². The van der Waals surface area contributed by atoms with E-state index in [1.807, 2.05) is 12.1 Å². The molecule has 0 aliphatic heterocycles. The van der Waals surface area contributed by atoms with Gasteiger partial charge in [0.15, 0.2) is 0 Å². The van der Waals surface area contributed by atoms with Crippen LogP contribution < -0.4 is 5.43 Å². The summed E-state index contributed by atoms with van der Waals surface area (Å²) in [6.45, 7) is 5.22. The molecule has 0 fully saturated rings. The van der Waals surface area contributed by atoms with Crippen molar-refractivity contribution in [3.8, 4) is 0 Å². The molecular formula is C22H44N2O2. The highest BCUT2D eigenvalue weighted by molar-refractivity contribution is 5.75. The second-order valence-corrected chi connectivity index (χ2v) is 7.47. The van der Waals surface area contributed by atoms with Gasteiger partial charge in [0, 0.05) is 20.0 Å². The molecule has 26 heavy (non-hydrogen) atoms. The van der Waals surface area contributed by atoms with E-state index in [1.165, 1.54) is 38.5 Å². The van der Waals surface area contributed by atoms with Gasteiger partial charge >= 0.3 is 0 Å². The average molecular weight is 369 g/mol. The lowest BCUT2D eigenvalue weighted by Gasteiger charge is -2.16. The van der Waals surface area contributed by atoms with Crippen molar-refractivity contribution in [3.63, 3.8) is 0 Å². The van der Waals surface area contributed by atoms with Gasteiger partial charge in [-0.2, -0.15) is 0 Å². The summed E-state index contributed by atoms with van der Waals surface area (Å²) in [7, 11) is 1.92. The van der Waals surface area contributed by atoms with Crippen molar-refractivity contribution in [2.75, 3.05) is 13.6 Å². The largest absolute Gasteiger partial charge is 0.393 e. The average Bonchev–Trinajstić information content (AvgIpc) is 2.60. The van der Waals surface area contributed by atoms with Crippen LogP contribution in [0.25, 0.3) is 0 Å². The number of aliphatic hydroxyl groups excluding tert-OH is 1. The van der Waals surface area contributed by atoms with E-state index in [4.69, 9.17) is 0 Å². The van der Waals surface area contributed by atoms with Crippen molar-refractivity contribution >= 4 is 5.91 Å². The number of carbonyl (C=O) groups is 1. The third kappa shape index (κ3) is 17.9. The number of nitrogens with one attached hydrogen (secondary N) is 1. The molecule has 0 heterocycles. The Morgan fingerprint density at radius 3 is 2.38 bits per heavy atom. The Morgan fingerprint density at radius 1 is 0.962 bits per heavy atom. The molecule has 1 amide bonds. The summed E-state index contributed by atoms with van der Waals surface area (Å²) in [4.78, 5) is 11.7. The molecule has 4 heteroatoms. The number of aliphatic hydroxyl groups is 1. The van der Waals surface area contributed by atoms with E-state index in [0.29, 0.717) is 6.42 Å². The Morgan fingerprint density at radius 2 is 1.65 bits per heavy atom. The molecule has 0 aliphatic rings. The van der Waals surface area contributed by atoms with Crippen LogP contribution in [0.3, 0.4) is 0 Å². The van der Waals surface area contributed by atoms with Gasteiger partial charge in [-0.15, -0.1) is 0 Å². The van der Waals surface area contributed by atoms with Gasteiger partial charge in [-0.3, -0.25) is 10.2 Å². The lowest BCUT2D eigenvalue weighted by Crippen LogP contribution is -2.39. The van der Waals surface area contributed by atoms with Gasteiger partial charge in [-0.25, -0.2) is 5.01 Å². The summed E-state index contributed by atoms with van der Waals surface area (Å²) in [5.41, 5.74) is 2.90. The molecule has 0 aliphatic carbocycles. The van der Waals surface area contributed by atoms with Crippen molar-refractivity contribution in [2.45, 2.75) is 110 Å². The SMILES string of the molecule is CCCCCC[C@@H](O)C/C=C\CCCCCCCC(=O)NN(C)CCC.